The second-order valence-electron chi connectivity index (χ2n) is 4.63. The number of amides is 1. The lowest BCUT2D eigenvalue weighted by Crippen LogP contribution is -2.38. The van der Waals surface area contributed by atoms with Gasteiger partial charge in [-0.25, -0.2) is 8.78 Å². The summed E-state index contributed by atoms with van der Waals surface area (Å²) in [6, 6.07) is 2.43. The SMILES string of the molecule is CC(C)CN(CC(=O)O)C(=O)c1cc(F)cc(F)c1. The predicted molar refractivity (Wildman–Crippen MR) is 64.7 cm³/mol. The van der Waals surface area contributed by atoms with Crippen LogP contribution in [0.1, 0.15) is 24.2 Å². The van der Waals surface area contributed by atoms with E-state index >= 15 is 0 Å². The van der Waals surface area contributed by atoms with Crippen LogP contribution in [0, 0.1) is 17.6 Å². The fourth-order valence-electron chi connectivity index (χ4n) is 1.68. The number of carbonyl (C=O) groups excluding carboxylic acids is 1. The van der Waals surface area contributed by atoms with E-state index in [-0.39, 0.29) is 18.0 Å². The first-order valence-electron chi connectivity index (χ1n) is 5.76. The third-order valence-electron chi connectivity index (χ3n) is 2.31. The number of benzene rings is 1. The van der Waals surface area contributed by atoms with E-state index in [0.29, 0.717) is 6.07 Å². The van der Waals surface area contributed by atoms with Crippen LogP contribution < -0.4 is 0 Å². The lowest BCUT2D eigenvalue weighted by atomic mass is 10.1. The van der Waals surface area contributed by atoms with E-state index in [1.807, 2.05) is 13.8 Å². The molecule has 1 rings (SSSR count). The summed E-state index contributed by atoms with van der Waals surface area (Å²) in [6.45, 7) is 3.32. The Labute approximate surface area is 109 Å². The Morgan fingerprint density at radius 2 is 1.74 bits per heavy atom. The smallest absolute Gasteiger partial charge is 0.323 e. The molecule has 0 radical (unpaired) electrons. The minimum absolute atomic E-state index is 0.0432. The number of hydrogen-bond donors (Lipinski definition) is 1. The highest BCUT2D eigenvalue weighted by molar-refractivity contribution is 5.95. The van der Waals surface area contributed by atoms with Gasteiger partial charge in [-0.05, 0) is 18.1 Å². The lowest BCUT2D eigenvalue weighted by Gasteiger charge is -2.22. The van der Waals surface area contributed by atoms with Crippen molar-refractivity contribution in [3.05, 3.63) is 35.4 Å². The molecule has 0 aliphatic rings. The zero-order valence-electron chi connectivity index (χ0n) is 10.7. The minimum atomic E-state index is -1.18. The van der Waals surface area contributed by atoms with Gasteiger partial charge in [-0.15, -0.1) is 0 Å². The number of aliphatic carboxylic acids is 1. The van der Waals surface area contributed by atoms with Crippen LogP contribution >= 0.6 is 0 Å². The molecule has 0 aliphatic heterocycles. The zero-order valence-corrected chi connectivity index (χ0v) is 10.7. The Morgan fingerprint density at radius 1 is 1.21 bits per heavy atom. The van der Waals surface area contributed by atoms with E-state index in [4.69, 9.17) is 5.11 Å². The minimum Gasteiger partial charge on any atom is -0.480 e. The van der Waals surface area contributed by atoms with Gasteiger partial charge >= 0.3 is 5.97 Å². The monoisotopic (exact) mass is 271 g/mol. The molecule has 0 heterocycles. The summed E-state index contributed by atoms with van der Waals surface area (Å²) in [5.41, 5.74) is -0.195. The van der Waals surface area contributed by atoms with Gasteiger partial charge in [-0.1, -0.05) is 13.8 Å². The van der Waals surface area contributed by atoms with Crippen molar-refractivity contribution in [3.8, 4) is 0 Å². The molecule has 1 aromatic rings. The number of carboxylic acid groups (broad SMARTS) is 1. The van der Waals surface area contributed by atoms with Gasteiger partial charge in [-0.2, -0.15) is 0 Å². The maximum Gasteiger partial charge on any atom is 0.323 e. The maximum absolute atomic E-state index is 13.0. The van der Waals surface area contributed by atoms with Gasteiger partial charge in [-0.3, -0.25) is 9.59 Å². The fourth-order valence-corrected chi connectivity index (χ4v) is 1.68. The normalized spacial score (nSPS) is 10.6. The molecule has 0 fully saturated rings. The van der Waals surface area contributed by atoms with Gasteiger partial charge in [0.25, 0.3) is 5.91 Å². The molecule has 0 aromatic heterocycles. The highest BCUT2D eigenvalue weighted by atomic mass is 19.1. The quantitative estimate of drug-likeness (QED) is 0.892. The van der Waals surface area contributed by atoms with Crippen LogP contribution in [0.3, 0.4) is 0 Å². The molecular formula is C13H15F2NO3. The fraction of sp³-hybridized carbons (Fsp3) is 0.385. The van der Waals surface area contributed by atoms with Crippen LogP contribution in [0.15, 0.2) is 18.2 Å². The third kappa shape index (κ3) is 4.65. The van der Waals surface area contributed by atoms with Crippen LogP contribution in [0.4, 0.5) is 8.78 Å². The van der Waals surface area contributed by atoms with Gasteiger partial charge in [0.15, 0.2) is 0 Å². The number of hydrogen-bond acceptors (Lipinski definition) is 2. The second kappa shape index (κ2) is 6.26. The van der Waals surface area contributed by atoms with Crippen LogP contribution in [0.25, 0.3) is 0 Å². The van der Waals surface area contributed by atoms with Crippen molar-refractivity contribution < 1.29 is 23.5 Å². The Morgan fingerprint density at radius 3 is 2.16 bits per heavy atom. The van der Waals surface area contributed by atoms with Gasteiger partial charge < -0.3 is 10.0 Å². The number of carbonyl (C=O) groups is 2. The van der Waals surface area contributed by atoms with Gasteiger partial charge in [0, 0.05) is 18.2 Å². The van der Waals surface area contributed by atoms with Gasteiger partial charge in [0.05, 0.1) is 0 Å². The van der Waals surface area contributed by atoms with Crippen molar-refractivity contribution >= 4 is 11.9 Å². The van der Waals surface area contributed by atoms with Crippen molar-refractivity contribution in [2.75, 3.05) is 13.1 Å². The average molecular weight is 271 g/mol. The Balaban J connectivity index is 3.00. The molecule has 19 heavy (non-hydrogen) atoms. The second-order valence-corrected chi connectivity index (χ2v) is 4.63. The molecule has 0 unspecified atom stereocenters. The Hall–Kier alpha value is -1.98. The molecule has 1 amide bonds. The highest BCUT2D eigenvalue weighted by Crippen LogP contribution is 2.12. The molecule has 6 heteroatoms. The first-order chi connectivity index (χ1) is 8.79. The molecule has 0 bridgehead atoms. The molecule has 1 aromatic carbocycles. The average Bonchev–Trinajstić information content (AvgIpc) is 2.24. The van der Waals surface area contributed by atoms with Crippen LogP contribution in [0.5, 0.6) is 0 Å². The Kier molecular flexibility index (Phi) is 4.97. The topological polar surface area (TPSA) is 57.6 Å². The maximum atomic E-state index is 13.0. The van der Waals surface area contributed by atoms with E-state index in [9.17, 15) is 18.4 Å². The summed E-state index contributed by atoms with van der Waals surface area (Å²) in [5, 5.41) is 8.76. The molecule has 0 spiro atoms. The standard InChI is InChI=1S/C13H15F2NO3/c1-8(2)6-16(7-12(17)18)13(19)9-3-10(14)5-11(15)4-9/h3-5,8H,6-7H2,1-2H3,(H,17,18). The largest absolute Gasteiger partial charge is 0.480 e. The summed E-state index contributed by atoms with van der Waals surface area (Å²) in [7, 11) is 0. The van der Waals surface area contributed by atoms with E-state index in [2.05, 4.69) is 0 Å². The van der Waals surface area contributed by atoms with Crippen molar-refractivity contribution in [1.29, 1.82) is 0 Å². The summed E-state index contributed by atoms with van der Waals surface area (Å²) in [4.78, 5) is 23.8. The number of rotatable bonds is 5. The van der Waals surface area contributed by atoms with Crippen molar-refractivity contribution in [2.24, 2.45) is 5.92 Å². The van der Waals surface area contributed by atoms with Crippen molar-refractivity contribution in [3.63, 3.8) is 0 Å². The number of nitrogens with zero attached hydrogens (tertiary/aromatic N) is 1. The highest BCUT2D eigenvalue weighted by Gasteiger charge is 2.20. The number of carboxylic acids is 1. The molecule has 0 atom stereocenters. The molecule has 4 nitrogen and oxygen atoms in total. The molecule has 0 aliphatic carbocycles. The first kappa shape index (κ1) is 15.1. The predicted octanol–water partition coefficient (Wildman–Crippen LogP) is 2.15. The molecule has 1 N–H and O–H groups in total. The summed E-state index contributed by atoms with van der Waals surface area (Å²) in [5.74, 6) is -3.58. The lowest BCUT2D eigenvalue weighted by molar-refractivity contribution is -0.137. The zero-order chi connectivity index (χ0) is 14.6. The van der Waals surface area contributed by atoms with E-state index in [1.165, 1.54) is 0 Å². The van der Waals surface area contributed by atoms with Gasteiger partial charge in [0.2, 0.25) is 0 Å². The van der Waals surface area contributed by atoms with Crippen LogP contribution in [-0.4, -0.2) is 35.0 Å². The third-order valence-corrected chi connectivity index (χ3v) is 2.31. The van der Waals surface area contributed by atoms with Crippen LogP contribution in [0.2, 0.25) is 0 Å². The van der Waals surface area contributed by atoms with E-state index in [0.717, 1.165) is 17.0 Å². The van der Waals surface area contributed by atoms with Gasteiger partial charge in [0.1, 0.15) is 18.2 Å². The number of halogens is 2. The van der Waals surface area contributed by atoms with Crippen molar-refractivity contribution in [2.45, 2.75) is 13.8 Å². The first-order valence-corrected chi connectivity index (χ1v) is 5.76. The van der Waals surface area contributed by atoms with Crippen molar-refractivity contribution in [1.82, 2.24) is 4.90 Å². The molecular weight excluding hydrogens is 256 g/mol. The van der Waals surface area contributed by atoms with E-state index < -0.39 is 30.1 Å². The Bertz CT molecular complexity index is 469. The van der Waals surface area contributed by atoms with Crippen LogP contribution in [-0.2, 0) is 4.79 Å². The molecule has 0 saturated heterocycles. The summed E-state index contributed by atoms with van der Waals surface area (Å²) in [6.07, 6.45) is 0. The summed E-state index contributed by atoms with van der Waals surface area (Å²) < 4.78 is 26.1. The molecule has 104 valence electrons. The summed E-state index contributed by atoms with van der Waals surface area (Å²) >= 11 is 0. The van der Waals surface area contributed by atoms with E-state index in [1.54, 1.807) is 0 Å². The molecule has 0 saturated carbocycles.